The predicted molar refractivity (Wildman–Crippen MR) is 67.2 cm³/mol. The van der Waals surface area contributed by atoms with E-state index >= 15 is 0 Å². The highest BCUT2D eigenvalue weighted by atomic mass is 35.5. The quantitative estimate of drug-likeness (QED) is 0.906. The van der Waals surface area contributed by atoms with Crippen molar-refractivity contribution in [3.8, 4) is 11.3 Å². The Kier molecular flexibility index (Phi) is 2.67. The highest BCUT2D eigenvalue weighted by Crippen LogP contribution is 2.38. The highest BCUT2D eigenvalue weighted by molar-refractivity contribution is 6.30. The van der Waals surface area contributed by atoms with Crippen molar-refractivity contribution in [2.75, 3.05) is 0 Å². The van der Waals surface area contributed by atoms with Crippen LogP contribution < -0.4 is 5.56 Å². The molecule has 0 spiro atoms. The molecule has 18 heavy (non-hydrogen) atoms. The van der Waals surface area contributed by atoms with Crippen molar-refractivity contribution in [2.24, 2.45) is 0 Å². The van der Waals surface area contributed by atoms with Crippen molar-refractivity contribution < 1.29 is 4.39 Å². The summed E-state index contributed by atoms with van der Waals surface area (Å²) in [4.78, 5) is 18.6. The van der Waals surface area contributed by atoms with Crippen LogP contribution in [0.25, 0.3) is 11.3 Å². The van der Waals surface area contributed by atoms with E-state index in [9.17, 15) is 9.18 Å². The van der Waals surface area contributed by atoms with Gasteiger partial charge in [0.1, 0.15) is 11.6 Å². The molecular weight excluding hydrogens is 255 g/mol. The normalized spacial score (nSPS) is 14.8. The SMILES string of the molecule is O=c1cc(-c2cc(F)cc(Cl)c2)nc(C2CC2)[nH]1. The minimum absolute atomic E-state index is 0.220. The van der Waals surface area contributed by atoms with E-state index in [4.69, 9.17) is 11.6 Å². The summed E-state index contributed by atoms with van der Waals surface area (Å²) in [6.07, 6.45) is 2.08. The molecule has 1 aliphatic rings. The molecule has 1 aromatic heterocycles. The first-order valence-electron chi connectivity index (χ1n) is 5.69. The van der Waals surface area contributed by atoms with Crippen molar-refractivity contribution in [1.29, 1.82) is 0 Å². The van der Waals surface area contributed by atoms with E-state index in [-0.39, 0.29) is 5.56 Å². The maximum Gasteiger partial charge on any atom is 0.251 e. The third-order valence-corrected chi connectivity index (χ3v) is 3.10. The van der Waals surface area contributed by atoms with Crippen LogP contribution in [0.5, 0.6) is 0 Å². The predicted octanol–water partition coefficient (Wildman–Crippen LogP) is 3.11. The van der Waals surface area contributed by atoms with Gasteiger partial charge in [-0.15, -0.1) is 0 Å². The average molecular weight is 265 g/mol. The molecule has 1 N–H and O–H groups in total. The summed E-state index contributed by atoms with van der Waals surface area (Å²) in [5.74, 6) is 0.576. The van der Waals surface area contributed by atoms with E-state index in [0.717, 1.165) is 12.8 Å². The monoisotopic (exact) mass is 264 g/mol. The average Bonchev–Trinajstić information content (AvgIpc) is 3.10. The molecule has 0 saturated heterocycles. The minimum atomic E-state index is -0.437. The zero-order valence-corrected chi connectivity index (χ0v) is 10.2. The Balaban J connectivity index is 2.12. The topological polar surface area (TPSA) is 45.8 Å². The molecule has 0 radical (unpaired) electrons. The van der Waals surface area contributed by atoms with Gasteiger partial charge in [-0.3, -0.25) is 4.79 Å². The molecule has 0 atom stereocenters. The standard InChI is InChI=1S/C13H10ClFN2O/c14-9-3-8(4-10(15)5-9)11-6-12(18)17-13(16-11)7-1-2-7/h3-7H,1-2H2,(H,16,17,18). The van der Waals surface area contributed by atoms with Gasteiger partial charge in [0, 0.05) is 22.6 Å². The molecule has 0 aliphatic heterocycles. The lowest BCUT2D eigenvalue weighted by molar-refractivity contribution is 0.628. The van der Waals surface area contributed by atoms with Gasteiger partial charge in [-0.05, 0) is 31.0 Å². The molecule has 3 nitrogen and oxygen atoms in total. The minimum Gasteiger partial charge on any atom is -0.310 e. The fraction of sp³-hybridized carbons (Fsp3) is 0.231. The first-order chi connectivity index (χ1) is 8.61. The molecule has 0 amide bonds. The molecule has 1 fully saturated rings. The number of hydrogen-bond acceptors (Lipinski definition) is 2. The zero-order valence-electron chi connectivity index (χ0n) is 9.41. The lowest BCUT2D eigenvalue weighted by Crippen LogP contribution is -2.10. The van der Waals surface area contributed by atoms with Crippen LogP contribution in [-0.4, -0.2) is 9.97 Å². The number of H-pyrrole nitrogens is 1. The van der Waals surface area contributed by atoms with E-state index in [1.54, 1.807) is 6.07 Å². The third-order valence-electron chi connectivity index (χ3n) is 2.88. The number of benzene rings is 1. The van der Waals surface area contributed by atoms with Crippen molar-refractivity contribution in [3.05, 3.63) is 51.3 Å². The molecule has 92 valence electrons. The second-order valence-corrected chi connectivity index (χ2v) is 4.88. The molecule has 5 heteroatoms. The van der Waals surface area contributed by atoms with Crippen LogP contribution in [0.15, 0.2) is 29.1 Å². The van der Waals surface area contributed by atoms with E-state index in [1.165, 1.54) is 18.2 Å². The Morgan fingerprint density at radius 1 is 1.28 bits per heavy atom. The third kappa shape index (κ3) is 2.29. The Morgan fingerprint density at radius 3 is 2.72 bits per heavy atom. The van der Waals surface area contributed by atoms with Gasteiger partial charge in [0.2, 0.25) is 0 Å². The smallest absolute Gasteiger partial charge is 0.251 e. The number of halogens is 2. The fourth-order valence-corrected chi connectivity index (χ4v) is 2.10. The van der Waals surface area contributed by atoms with Crippen LogP contribution >= 0.6 is 11.6 Å². The fourth-order valence-electron chi connectivity index (χ4n) is 1.88. The summed E-state index contributed by atoms with van der Waals surface area (Å²) >= 11 is 5.80. The van der Waals surface area contributed by atoms with Crippen LogP contribution in [0.3, 0.4) is 0 Å². The van der Waals surface area contributed by atoms with E-state index in [1.807, 2.05) is 0 Å². The van der Waals surface area contributed by atoms with Crippen molar-refractivity contribution in [3.63, 3.8) is 0 Å². The Hall–Kier alpha value is -1.68. The Morgan fingerprint density at radius 2 is 2.06 bits per heavy atom. The summed E-state index contributed by atoms with van der Waals surface area (Å²) in [5, 5.41) is 0.292. The van der Waals surface area contributed by atoms with Gasteiger partial charge >= 0.3 is 0 Å². The van der Waals surface area contributed by atoms with E-state index in [2.05, 4.69) is 9.97 Å². The largest absolute Gasteiger partial charge is 0.310 e. The Bertz CT molecular complexity index is 644. The Labute approximate surface area is 108 Å². The van der Waals surface area contributed by atoms with Gasteiger partial charge in [-0.2, -0.15) is 0 Å². The lowest BCUT2D eigenvalue weighted by atomic mass is 10.1. The molecule has 0 bridgehead atoms. The summed E-state index contributed by atoms with van der Waals surface area (Å²) in [7, 11) is 0. The molecule has 2 aromatic rings. The molecule has 0 unspecified atom stereocenters. The lowest BCUT2D eigenvalue weighted by Gasteiger charge is -2.04. The first-order valence-corrected chi connectivity index (χ1v) is 6.07. The number of hydrogen-bond donors (Lipinski definition) is 1. The summed E-state index contributed by atoms with van der Waals surface area (Å²) in [6, 6.07) is 5.50. The zero-order chi connectivity index (χ0) is 12.7. The molecule has 1 aromatic carbocycles. The van der Waals surface area contributed by atoms with Crippen molar-refractivity contribution in [2.45, 2.75) is 18.8 Å². The number of nitrogens with zero attached hydrogens (tertiary/aromatic N) is 1. The van der Waals surface area contributed by atoms with Gasteiger partial charge < -0.3 is 4.98 Å². The van der Waals surface area contributed by atoms with Crippen LogP contribution in [0.1, 0.15) is 24.6 Å². The van der Waals surface area contributed by atoms with E-state index < -0.39 is 5.82 Å². The van der Waals surface area contributed by atoms with E-state index in [0.29, 0.717) is 28.0 Å². The molecule has 1 saturated carbocycles. The van der Waals surface area contributed by atoms with Gasteiger partial charge in [-0.25, -0.2) is 9.37 Å². The maximum absolute atomic E-state index is 13.3. The van der Waals surface area contributed by atoms with Crippen LogP contribution in [-0.2, 0) is 0 Å². The van der Waals surface area contributed by atoms with Gasteiger partial charge in [0.15, 0.2) is 0 Å². The highest BCUT2D eigenvalue weighted by Gasteiger charge is 2.26. The molecule has 1 aliphatic carbocycles. The van der Waals surface area contributed by atoms with Crippen molar-refractivity contribution in [1.82, 2.24) is 9.97 Å². The maximum atomic E-state index is 13.3. The van der Waals surface area contributed by atoms with Gasteiger partial charge in [0.25, 0.3) is 5.56 Å². The second-order valence-electron chi connectivity index (χ2n) is 4.45. The molecular formula is C13H10ClFN2O. The van der Waals surface area contributed by atoms with Gasteiger partial charge in [-0.1, -0.05) is 11.6 Å². The number of aromatic nitrogens is 2. The van der Waals surface area contributed by atoms with Crippen molar-refractivity contribution >= 4 is 11.6 Å². The van der Waals surface area contributed by atoms with Crippen LogP contribution in [0, 0.1) is 5.82 Å². The summed E-state index contributed by atoms with van der Waals surface area (Å²) < 4.78 is 13.3. The number of aromatic amines is 1. The summed E-state index contributed by atoms with van der Waals surface area (Å²) in [5.41, 5.74) is 0.761. The number of nitrogens with one attached hydrogen (secondary N) is 1. The number of rotatable bonds is 2. The first kappa shape index (κ1) is 11.4. The molecule has 3 rings (SSSR count). The summed E-state index contributed by atoms with van der Waals surface area (Å²) in [6.45, 7) is 0. The van der Waals surface area contributed by atoms with Gasteiger partial charge in [0.05, 0.1) is 5.69 Å². The van der Waals surface area contributed by atoms with Crippen LogP contribution in [0.2, 0.25) is 5.02 Å². The van der Waals surface area contributed by atoms with Crippen LogP contribution in [0.4, 0.5) is 4.39 Å². The second kappa shape index (κ2) is 4.21. The molecule has 1 heterocycles.